The van der Waals surface area contributed by atoms with Gasteiger partial charge in [0.05, 0.1) is 14.2 Å². The Labute approximate surface area is 123 Å². The summed E-state index contributed by atoms with van der Waals surface area (Å²) in [6.45, 7) is 5.45. The number of nitrogens with zero attached hydrogens (tertiary/aromatic N) is 1. The SMILES string of the molecule is COc1ccc(OC)c(C(C)NC(C)CCN(C)C)c1. The van der Waals surface area contributed by atoms with Crippen LogP contribution in [0.2, 0.25) is 0 Å². The average molecular weight is 280 g/mol. The van der Waals surface area contributed by atoms with Gasteiger partial charge in [-0.25, -0.2) is 0 Å². The van der Waals surface area contributed by atoms with Gasteiger partial charge in [-0.3, -0.25) is 0 Å². The van der Waals surface area contributed by atoms with Gasteiger partial charge in [0.25, 0.3) is 0 Å². The summed E-state index contributed by atoms with van der Waals surface area (Å²) in [5.74, 6) is 1.75. The zero-order valence-corrected chi connectivity index (χ0v) is 13.6. The third-order valence-electron chi connectivity index (χ3n) is 3.45. The van der Waals surface area contributed by atoms with E-state index in [0.29, 0.717) is 6.04 Å². The molecule has 0 saturated carbocycles. The van der Waals surface area contributed by atoms with E-state index in [0.717, 1.165) is 30.0 Å². The van der Waals surface area contributed by atoms with Crippen LogP contribution in [0.3, 0.4) is 0 Å². The molecule has 1 rings (SSSR count). The fourth-order valence-electron chi connectivity index (χ4n) is 2.23. The number of methoxy groups -OCH3 is 2. The Balaban J connectivity index is 2.72. The second-order valence-electron chi connectivity index (χ2n) is 5.49. The van der Waals surface area contributed by atoms with Gasteiger partial charge in [0, 0.05) is 17.6 Å². The molecule has 4 nitrogen and oxygen atoms in total. The summed E-state index contributed by atoms with van der Waals surface area (Å²) in [5.41, 5.74) is 1.13. The zero-order chi connectivity index (χ0) is 15.1. The number of benzene rings is 1. The molecule has 0 aliphatic rings. The van der Waals surface area contributed by atoms with Gasteiger partial charge in [-0.2, -0.15) is 0 Å². The van der Waals surface area contributed by atoms with Gasteiger partial charge in [0.15, 0.2) is 0 Å². The molecule has 2 unspecified atom stereocenters. The van der Waals surface area contributed by atoms with E-state index in [1.165, 1.54) is 0 Å². The molecule has 0 aromatic heterocycles. The van der Waals surface area contributed by atoms with Crippen LogP contribution >= 0.6 is 0 Å². The fourth-order valence-corrected chi connectivity index (χ4v) is 2.23. The summed E-state index contributed by atoms with van der Waals surface area (Å²) in [6.07, 6.45) is 1.11. The van der Waals surface area contributed by atoms with Crippen LogP contribution in [0.25, 0.3) is 0 Å². The molecular formula is C16H28N2O2. The van der Waals surface area contributed by atoms with Gasteiger partial charge in [-0.1, -0.05) is 0 Å². The summed E-state index contributed by atoms with van der Waals surface area (Å²) >= 11 is 0. The molecule has 0 heterocycles. The first-order chi connectivity index (χ1) is 9.47. The zero-order valence-electron chi connectivity index (χ0n) is 13.6. The van der Waals surface area contributed by atoms with Crippen molar-refractivity contribution in [3.8, 4) is 11.5 Å². The van der Waals surface area contributed by atoms with Crippen LogP contribution in [0.1, 0.15) is 31.9 Å². The van der Waals surface area contributed by atoms with Gasteiger partial charge in [-0.15, -0.1) is 0 Å². The van der Waals surface area contributed by atoms with Crippen molar-refractivity contribution in [2.24, 2.45) is 0 Å². The maximum atomic E-state index is 5.44. The first-order valence-corrected chi connectivity index (χ1v) is 7.10. The quantitative estimate of drug-likeness (QED) is 0.794. The van der Waals surface area contributed by atoms with Crippen molar-refractivity contribution in [2.45, 2.75) is 32.4 Å². The fraction of sp³-hybridized carbons (Fsp3) is 0.625. The normalized spacial score (nSPS) is 14.2. The summed E-state index contributed by atoms with van der Waals surface area (Å²) in [4.78, 5) is 2.20. The number of nitrogens with one attached hydrogen (secondary N) is 1. The minimum absolute atomic E-state index is 0.220. The number of hydrogen-bond acceptors (Lipinski definition) is 4. The van der Waals surface area contributed by atoms with Gasteiger partial charge in [-0.05, 0) is 59.1 Å². The summed E-state index contributed by atoms with van der Waals surface area (Å²) < 4.78 is 10.7. The standard InChI is InChI=1S/C16H28N2O2/c1-12(9-10-18(3)4)17-13(2)15-11-14(19-5)7-8-16(15)20-6/h7-8,11-13,17H,9-10H2,1-6H3. The van der Waals surface area contributed by atoms with E-state index in [2.05, 4.69) is 38.2 Å². The Morgan fingerprint density at radius 3 is 2.40 bits per heavy atom. The highest BCUT2D eigenvalue weighted by Gasteiger charge is 2.15. The van der Waals surface area contributed by atoms with Crippen molar-refractivity contribution in [1.29, 1.82) is 0 Å². The highest BCUT2D eigenvalue weighted by atomic mass is 16.5. The van der Waals surface area contributed by atoms with Crippen LogP contribution < -0.4 is 14.8 Å². The molecule has 0 bridgehead atoms. The van der Waals surface area contributed by atoms with E-state index in [9.17, 15) is 0 Å². The lowest BCUT2D eigenvalue weighted by atomic mass is 10.0. The van der Waals surface area contributed by atoms with Crippen LogP contribution in [0.4, 0.5) is 0 Å². The molecule has 2 atom stereocenters. The molecule has 0 saturated heterocycles. The topological polar surface area (TPSA) is 33.7 Å². The van der Waals surface area contributed by atoms with Gasteiger partial charge >= 0.3 is 0 Å². The number of hydrogen-bond donors (Lipinski definition) is 1. The third-order valence-corrected chi connectivity index (χ3v) is 3.45. The number of rotatable bonds is 8. The second kappa shape index (κ2) is 8.12. The van der Waals surface area contributed by atoms with Crippen molar-refractivity contribution in [3.05, 3.63) is 23.8 Å². The van der Waals surface area contributed by atoms with Crippen molar-refractivity contribution >= 4 is 0 Å². The molecule has 4 heteroatoms. The van der Waals surface area contributed by atoms with E-state index in [4.69, 9.17) is 9.47 Å². The smallest absolute Gasteiger partial charge is 0.123 e. The molecule has 0 amide bonds. The van der Waals surface area contributed by atoms with Crippen LogP contribution in [0.15, 0.2) is 18.2 Å². The Morgan fingerprint density at radius 2 is 1.85 bits per heavy atom. The molecule has 0 aliphatic carbocycles. The molecule has 1 aromatic carbocycles. The van der Waals surface area contributed by atoms with E-state index < -0.39 is 0 Å². The van der Waals surface area contributed by atoms with E-state index in [1.807, 2.05) is 18.2 Å². The third kappa shape index (κ3) is 5.02. The van der Waals surface area contributed by atoms with E-state index in [-0.39, 0.29) is 6.04 Å². The molecule has 0 spiro atoms. The van der Waals surface area contributed by atoms with Crippen LogP contribution in [-0.2, 0) is 0 Å². The Hall–Kier alpha value is -1.26. The Bertz CT molecular complexity index is 407. The first kappa shape index (κ1) is 16.8. The largest absolute Gasteiger partial charge is 0.497 e. The second-order valence-corrected chi connectivity index (χ2v) is 5.49. The minimum Gasteiger partial charge on any atom is -0.497 e. The lowest BCUT2D eigenvalue weighted by molar-refractivity contribution is 0.348. The Kier molecular flexibility index (Phi) is 6.82. The molecule has 0 fully saturated rings. The van der Waals surface area contributed by atoms with Crippen molar-refractivity contribution < 1.29 is 9.47 Å². The summed E-state index contributed by atoms with van der Waals surface area (Å²) in [5, 5.41) is 3.62. The molecule has 20 heavy (non-hydrogen) atoms. The van der Waals surface area contributed by atoms with Gasteiger partial charge in [0.2, 0.25) is 0 Å². The first-order valence-electron chi connectivity index (χ1n) is 7.10. The van der Waals surface area contributed by atoms with Crippen LogP contribution in [-0.4, -0.2) is 45.8 Å². The lowest BCUT2D eigenvalue weighted by Crippen LogP contribution is -2.32. The van der Waals surface area contributed by atoms with Crippen molar-refractivity contribution in [3.63, 3.8) is 0 Å². The average Bonchev–Trinajstić information content (AvgIpc) is 2.44. The Morgan fingerprint density at radius 1 is 1.15 bits per heavy atom. The summed E-state index contributed by atoms with van der Waals surface area (Å²) in [7, 11) is 7.58. The van der Waals surface area contributed by atoms with Crippen molar-refractivity contribution in [1.82, 2.24) is 10.2 Å². The van der Waals surface area contributed by atoms with Gasteiger partial charge < -0.3 is 19.7 Å². The predicted octanol–water partition coefficient (Wildman–Crippen LogP) is 2.69. The lowest BCUT2D eigenvalue weighted by Gasteiger charge is -2.23. The maximum absolute atomic E-state index is 5.44. The highest BCUT2D eigenvalue weighted by molar-refractivity contribution is 5.42. The molecule has 114 valence electrons. The molecule has 1 aromatic rings. The van der Waals surface area contributed by atoms with Crippen molar-refractivity contribution in [2.75, 3.05) is 34.9 Å². The van der Waals surface area contributed by atoms with Crippen LogP contribution in [0.5, 0.6) is 11.5 Å². The monoisotopic (exact) mass is 280 g/mol. The minimum atomic E-state index is 0.220. The molecule has 0 radical (unpaired) electrons. The number of ether oxygens (including phenoxy) is 2. The molecule has 1 N–H and O–H groups in total. The summed E-state index contributed by atoms with van der Waals surface area (Å²) in [6, 6.07) is 6.58. The van der Waals surface area contributed by atoms with Gasteiger partial charge in [0.1, 0.15) is 11.5 Å². The predicted molar refractivity (Wildman–Crippen MR) is 83.7 cm³/mol. The highest BCUT2D eigenvalue weighted by Crippen LogP contribution is 2.29. The van der Waals surface area contributed by atoms with E-state index >= 15 is 0 Å². The molecular weight excluding hydrogens is 252 g/mol. The molecule has 0 aliphatic heterocycles. The van der Waals surface area contributed by atoms with Crippen LogP contribution in [0, 0.1) is 0 Å². The maximum Gasteiger partial charge on any atom is 0.123 e. The van der Waals surface area contributed by atoms with E-state index in [1.54, 1.807) is 14.2 Å².